The zero-order valence-electron chi connectivity index (χ0n) is 10.4. The van der Waals surface area contributed by atoms with E-state index in [0.29, 0.717) is 10.6 Å². The Bertz CT molecular complexity index is 553. The summed E-state index contributed by atoms with van der Waals surface area (Å²) >= 11 is 5.78. The van der Waals surface area contributed by atoms with Gasteiger partial charge in [-0.1, -0.05) is 29.8 Å². The minimum atomic E-state index is -0.695. The first-order valence-electron chi connectivity index (χ1n) is 5.91. The van der Waals surface area contributed by atoms with Gasteiger partial charge in [-0.05, 0) is 42.3 Å². The number of rotatable bonds is 4. The van der Waals surface area contributed by atoms with Gasteiger partial charge in [-0.25, -0.2) is 4.39 Å². The molecule has 0 heterocycles. The SMILES string of the molecule is C[C@@H](O)c1ccc(OCc2ccc(Cl)cc2)c(F)c1. The van der Waals surface area contributed by atoms with Crippen LogP contribution in [0.2, 0.25) is 5.02 Å². The van der Waals surface area contributed by atoms with E-state index in [1.165, 1.54) is 12.1 Å². The lowest BCUT2D eigenvalue weighted by molar-refractivity contribution is 0.198. The van der Waals surface area contributed by atoms with Gasteiger partial charge >= 0.3 is 0 Å². The topological polar surface area (TPSA) is 29.5 Å². The third-order valence-corrected chi connectivity index (χ3v) is 3.00. The zero-order chi connectivity index (χ0) is 13.8. The number of halogens is 2. The summed E-state index contributed by atoms with van der Waals surface area (Å²) in [6.07, 6.45) is -0.695. The van der Waals surface area contributed by atoms with Crippen molar-refractivity contribution in [3.05, 3.63) is 64.4 Å². The van der Waals surface area contributed by atoms with Crippen LogP contribution in [0.25, 0.3) is 0 Å². The number of hydrogen-bond acceptors (Lipinski definition) is 2. The van der Waals surface area contributed by atoms with Gasteiger partial charge in [-0.2, -0.15) is 0 Å². The maximum absolute atomic E-state index is 13.7. The van der Waals surface area contributed by atoms with Gasteiger partial charge in [0, 0.05) is 5.02 Å². The minimum Gasteiger partial charge on any atom is -0.486 e. The lowest BCUT2D eigenvalue weighted by Crippen LogP contribution is -1.99. The molecule has 0 radical (unpaired) electrons. The largest absolute Gasteiger partial charge is 0.486 e. The third-order valence-electron chi connectivity index (χ3n) is 2.75. The molecule has 0 fully saturated rings. The molecule has 2 rings (SSSR count). The summed E-state index contributed by atoms with van der Waals surface area (Å²) in [7, 11) is 0. The molecule has 0 unspecified atom stereocenters. The fourth-order valence-corrected chi connectivity index (χ4v) is 1.76. The highest BCUT2D eigenvalue weighted by molar-refractivity contribution is 6.30. The van der Waals surface area contributed by atoms with Crippen molar-refractivity contribution in [2.75, 3.05) is 0 Å². The molecule has 19 heavy (non-hydrogen) atoms. The second-order valence-corrected chi connectivity index (χ2v) is 4.72. The van der Waals surface area contributed by atoms with Gasteiger partial charge in [0.25, 0.3) is 0 Å². The van der Waals surface area contributed by atoms with Crippen LogP contribution in [0, 0.1) is 5.82 Å². The fourth-order valence-electron chi connectivity index (χ4n) is 1.64. The van der Waals surface area contributed by atoms with Crippen LogP contribution in [0.3, 0.4) is 0 Å². The molecule has 0 bridgehead atoms. The van der Waals surface area contributed by atoms with Crippen molar-refractivity contribution in [1.29, 1.82) is 0 Å². The van der Waals surface area contributed by atoms with Crippen molar-refractivity contribution in [3.63, 3.8) is 0 Å². The van der Waals surface area contributed by atoms with Gasteiger partial charge in [0.2, 0.25) is 0 Å². The Morgan fingerprint density at radius 2 is 1.89 bits per heavy atom. The van der Waals surface area contributed by atoms with E-state index in [1.807, 2.05) is 12.1 Å². The maximum Gasteiger partial charge on any atom is 0.165 e. The molecule has 0 spiro atoms. The van der Waals surface area contributed by atoms with E-state index in [4.69, 9.17) is 16.3 Å². The molecular weight excluding hydrogens is 267 g/mol. The molecule has 2 nitrogen and oxygen atoms in total. The lowest BCUT2D eigenvalue weighted by Gasteiger charge is -2.10. The summed E-state index contributed by atoms with van der Waals surface area (Å²) in [5, 5.41) is 10.0. The summed E-state index contributed by atoms with van der Waals surface area (Å²) in [6.45, 7) is 1.85. The van der Waals surface area contributed by atoms with E-state index >= 15 is 0 Å². The van der Waals surface area contributed by atoms with Crippen molar-refractivity contribution in [2.45, 2.75) is 19.6 Å². The fraction of sp³-hybridized carbons (Fsp3) is 0.200. The number of aliphatic hydroxyl groups excluding tert-OH is 1. The molecule has 4 heteroatoms. The van der Waals surface area contributed by atoms with Crippen LogP contribution in [0.5, 0.6) is 5.75 Å². The highest BCUT2D eigenvalue weighted by Gasteiger charge is 2.08. The second kappa shape index (κ2) is 6.04. The first kappa shape index (κ1) is 13.8. The first-order chi connectivity index (χ1) is 9.06. The summed E-state index contributed by atoms with van der Waals surface area (Å²) < 4.78 is 19.1. The Hall–Kier alpha value is -1.58. The highest BCUT2D eigenvalue weighted by Crippen LogP contribution is 2.23. The van der Waals surface area contributed by atoms with E-state index in [1.54, 1.807) is 25.1 Å². The summed E-state index contributed by atoms with van der Waals surface area (Å²) in [5.74, 6) is -0.313. The van der Waals surface area contributed by atoms with Crippen LogP contribution in [0.4, 0.5) is 4.39 Å². The summed E-state index contributed by atoms with van der Waals surface area (Å²) in [6, 6.07) is 11.6. The predicted molar refractivity (Wildman–Crippen MR) is 72.8 cm³/mol. The van der Waals surface area contributed by atoms with Gasteiger partial charge < -0.3 is 9.84 Å². The smallest absolute Gasteiger partial charge is 0.165 e. The molecule has 0 saturated heterocycles. The molecule has 100 valence electrons. The number of aliphatic hydroxyl groups is 1. The Balaban J connectivity index is 2.05. The maximum atomic E-state index is 13.7. The van der Waals surface area contributed by atoms with E-state index in [2.05, 4.69) is 0 Å². The average molecular weight is 281 g/mol. The molecule has 0 amide bonds. The predicted octanol–water partition coefficient (Wildman–Crippen LogP) is 4.11. The number of ether oxygens (including phenoxy) is 1. The number of benzene rings is 2. The van der Waals surface area contributed by atoms with E-state index in [0.717, 1.165) is 5.56 Å². The number of hydrogen-bond donors (Lipinski definition) is 1. The van der Waals surface area contributed by atoms with E-state index < -0.39 is 11.9 Å². The van der Waals surface area contributed by atoms with E-state index in [9.17, 15) is 9.50 Å². The molecule has 0 saturated carbocycles. The summed E-state index contributed by atoms with van der Waals surface area (Å²) in [5.41, 5.74) is 1.43. The van der Waals surface area contributed by atoms with Gasteiger partial charge in [0.15, 0.2) is 11.6 Å². The molecule has 1 atom stereocenters. The van der Waals surface area contributed by atoms with Crippen LogP contribution in [-0.2, 0) is 6.61 Å². The normalized spacial score (nSPS) is 12.2. The quantitative estimate of drug-likeness (QED) is 0.913. The van der Waals surface area contributed by atoms with Crippen molar-refractivity contribution in [1.82, 2.24) is 0 Å². The van der Waals surface area contributed by atoms with Crippen LogP contribution < -0.4 is 4.74 Å². The molecule has 2 aromatic carbocycles. The van der Waals surface area contributed by atoms with Crippen molar-refractivity contribution in [2.24, 2.45) is 0 Å². The van der Waals surface area contributed by atoms with Crippen molar-refractivity contribution in [3.8, 4) is 5.75 Å². The van der Waals surface area contributed by atoms with Crippen molar-refractivity contribution >= 4 is 11.6 Å². The Labute approximate surface area is 116 Å². The van der Waals surface area contributed by atoms with Gasteiger partial charge in [0.1, 0.15) is 6.61 Å². The molecule has 1 N–H and O–H groups in total. The average Bonchev–Trinajstić information content (AvgIpc) is 2.39. The van der Waals surface area contributed by atoms with Gasteiger partial charge in [0.05, 0.1) is 6.10 Å². The second-order valence-electron chi connectivity index (χ2n) is 4.28. The van der Waals surface area contributed by atoms with E-state index in [-0.39, 0.29) is 12.4 Å². The third kappa shape index (κ3) is 3.69. The molecule has 2 aromatic rings. The van der Waals surface area contributed by atoms with Crippen LogP contribution in [-0.4, -0.2) is 5.11 Å². The summed E-state index contributed by atoms with van der Waals surface area (Å²) in [4.78, 5) is 0. The van der Waals surface area contributed by atoms with Crippen LogP contribution in [0.15, 0.2) is 42.5 Å². The zero-order valence-corrected chi connectivity index (χ0v) is 11.2. The van der Waals surface area contributed by atoms with Crippen LogP contribution >= 0.6 is 11.6 Å². The van der Waals surface area contributed by atoms with Crippen LogP contribution in [0.1, 0.15) is 24.2 Å². The standard InChI is InChI=1S/C15H14ClFO2/c1-10(18)12-4-7-15(14(17)8-12)19-9-11-2-5-13(16)6-3-11/h2-8,10,18H,9H2,1H3/t10-/m1/s1. The highest BCUT2D eigenvalue weighted by atomic mass is 35.5. The molecule has 0 aromatic heterocycles. The monoisotopic (exact) mass is 280 g/mol. The van der Waals surface area contributed by atoms with Gasteiger partial charge in [-0.3, -0.25) is 0 Å². The lowest BCUT2D eigenvalue weighted by atomic mass is 10.1. The molecular formula is C15H14ClFO2. The Morgan fingerprint density at radius 1 is 1.21 bits per heavy atom. The minimum absolute atomic E-state index is 0.166. The Morgan fingerprint density at radius 3 is 2.47 bits per heavy atom. The van der Waals surface area contributed by atoms with Crippen molar-refractivity contribution < 1.29 is 14.2 Å². The molecule has 0 aliphatic carbocycles. The Kier molecular flexibility index (Phi) is 4.40. The molecule has 0 aliphatic heterocycles. The van der Waals surface area contributed by atoms with Gasteiger partial charge in [-0.15, -0.1) is 0 Å². The first-order valence-corrected chi connectivity index (χ1v) is 6.29. The molecule has 0 aliphatic rings.